The van der Waals surface area contributed by atoms with Gasteiger partial charge in [0.05, 0.1) is 5.69 Å². The topological polar surface area (TPSA) is 75.1 Å². The first-order valence-electron chi connectivity index (χ1n) is 5.53. The summed E-state index contributed by atoms with van der Waals surface area (Å²) in [6.45, 7) is 0.383. The predicted octanol–water partition coefficient (Wildman–Crippen LogP) is 1.39. The average Bonchev–Trinajstić information content (AvgIpc) is 2.41. The number of carboxylic acid groups (broad SMARTS) is 1. The van der Waals surface area contributed by atoms with Crippen LogP contribution in [0.5, 0.6) is 0 Å². The fourth-order valence-electron chi connectivity index (χ4n) is 1.62. The van der Waals surface area contributed by atoms with E-state index in [9.17, 15) is 9.90 Å². The maximum absolute atomic E-state index is 11.2. The summed E-state index contributed by atoms with van der Waals surface area (Å²) in [5.74, 6) is -0.907. The average molecular weight is 243 g/mol. The van der Waals surface area contributed by atoms with E-state index < -0.39 is 12.0 Å². The van der Waals surface area contributed by atoms with Gasteiger partial charge in [-0.3, -0.25) is 10.1 Å². The van der Waals surface area contributed by atoms with E-state index in [-0.39, 0.29) is 0 Å². The van der Waals surface area contributed by atoms with Crippen molar-refractivity contribution in [2.24, 2.45) is 0 Å². The van der Waals surface area contributed by atoms with Crippen LogP contribution in [-0.2, 0) is 11.3 Å². The Labute approximate surface area is 105 Å². The number of aromatic nitrogens is 2. The van der Waals surface area contributed by atoms with Gasteiger partial charge in [-0.15, -0.1) is 0 Å². The molecule has 0 radical (unpaired) electrons. The third-order valence-electron chi connectivity index (χ3n) is 2.51. The SMILES string of the molecule is O=C(O)C(NCc1ccncn1)c1ccccc1. The third-order valence-corrected chi connectivity index (χ3v) is 2.51. The Morgan fingerprint density at radius 1 is 1.28 bits per heavy atom. The van der Waals surface area contributed by atoms with Crippen LogP contribution in [0.25, 0.3) is 0 Å². The lowest BCUT2D eigenvalue weighted by Gasteiger charge is -2.14. The Hall–Kier alpha value is -2.27. The van der Waals surface area contributed by atoms with Crippen molar-refractivity contribution in [2.45, 2.75) is 12.6 Å². The van der Waals surface area contributed by atoms with Gasteiger partial charge in [0.25, 0.3) is 0 Å². The van der Waals surface area contributed by atoms with Gasteiger partial charge < -0.3 is 5.11 Å². The lowest BCUT2D eigenvalue weighted by molar-refractivity contribution is -0.139. The molecule has 92 valence electrons. The van der Waals surface area contributed by atoms with Gasteiger partial charge in [0.2, 0.25) is 0 Å². The van der Waals surface area contributed by atoms with Crippen molar-refractivity contribution in [1.82, 2.24) is 15.3 Å². The molecule has 1 atom stereocenters. The van der Waals surface area contributed by atoms with Gasteiger partial charge in [-0.1, -0.05) is 30.3 Å². The van der Waals surface area contributed by atoms with Crippen molar-refractivity contribution in [3.05, 3.63) is 60.2 Å². The fourth-order valence-corrected chi connectivity index (χ4v) is 1.62. The molecule has 0 saturated carbocycles. The third kappa shape index (κ3) is 3.11. The Bertz CT molecular complexity index is 502. The Kier molecular flexibility index (Phi) is 3.98. The minimum absolute atomic E-state index is 0.383. The van der Waals surface area contributed by atoms with E-state index in [0.29, 0.717) is 6.54 Å². The van der Waals surface area contributed by atoms with Gasteiger partial charge in [0, 0.05) is 12.7 Å². The highest BCUT2D eigenvalue weighted by molar-refractivity contribution is 5.75. The van der Waals surface area contributed by atoms with Gasteiger partial charge in [-0.2, -0.15) is 0 Å². The summed E-state index contributed by atoms with van der Waals surface area (Å²) in [5.41, 5.74) is 1.48. The van der Waals surface area contributed by atoms with Crippen LogP contribution >= 0.6 is 0 Å². The molecule has 0 saturated heterocycles. The first kappa shape index (κ1) is 12.2. The first-order chi connectivity index (χ1) is 8.77. The highest BCUT2D eigenvalue weighted by Crippen LogP contribution is 2.13. The van der Waals surface area contributed by atoms with Crippen LogP contribution in [0.4, 0.5) is 0 Å². The lowest BCUT2D eigenvalue weighted by Crippen LogP contribution is -2.28. The Morgan fingerprint density at radius 2 is 2.06 bits per heavy atom. The molecule has 18 heavy (non-hydrogen) atoms. The number of hydrogen-bond donors (Lipinski definition) is 2. The molecule has 1 aromatic heterocycles. The quantitative estimate of drug-likeness (QED) is 0.830. The largest absolute Gasteiger partial charge is 0.480 e. The van der Waals surface area contributed by atoms with E-state index in [1.54, 1.807) is 24.4 Å². The molecule has 2 rings (SSSR count). The molecule has 0 bridgehead atoms. The minimum Gasteiger partial charge on any atom is -0.480 e. The summed E-state index contributed by atoms with van der Waals surface area (Å²) in [6.07, 6.45) is 3.07. The summed E-state index contributed by atoms with van der Waals surface area (Å²) in [6, 6.07) is 10.1. The van der Waals surface area contributed by atoms with Gasteiger partial charge in [-0.25, -0.2) is 9.97 Å². The number of rotatable bonds is 5. The first-order valence-corrected chi connectivity index (χ1v) is 5.53. The molecule has 0 aliphatic heterocycles. The molecule has 1 heterocycles. The zero-order valence-corrected chi connectivity index (χ0v) is 9.65. The molecular weight excluding hydrogens is 230 g/mol. The van der Waals surface area contributed by atoms with Crippen LogP contribution in [0.15, 0.2) is 48.9 Å². The monoisotopic (exact) mass is 243 g/mol. The van der Waals surface area contributed by atoms with Crippen molar-refractivity contribution >= 4 is 5.97 Å². The van der Waals surface area contributed by atoms with E-state index >= 15 is 0 Å². The second kappa shape index (κ2) is 5.88. The molecular formula is C13H13N3O2. The fraction of sp³-hybridized carbons (Fsp3) is 0.154. The molecule has 1 aromatic carbocycles. The van der Waals surface area contributed by atoms with Crippen LogP contribution in [0.3, 0.4) is 0 Å². The molecule has 0 fully saturated rings. The van der Waals surface area contributed by atoms with Gasteiger partial charge in [0.15, 0.2) is 0 Å². The normalized spacial score (nSPS) is 12.0. The minimum atomic E-state index is -0.907. The maximum atomic E-state index is 11.2. The van der Waals surface area contributed by atoms with Crippen molar-refractivity contribution in [3.63, 3.8) is 0 Å². The maximum Gasteiger partial charge on any atom is 0.325 e. The summed E-state index contributed by atoms with van der Waals surface area (Å²) in [4.78, 5) is 19.1. The number of aliphatic carboxylic acids is 1. The molecule has 0 spiro atoms. The summed E-state index contributed by atoms with van der Waals surface area (Å²) in [5, 5.41) is 12.2. The van der Waals surface area contributed by atoms with Crippen molar-refractivity contribution in [1.29, 1.82) is 0 Å². The molecule has 2 aromatic rings. The van der Waals surface area contributed by atoms with Crippen LogP contribution in [0.1, 0.15) is 17.3 Å². The number of carbonyl (C=O) groups is 1. The molecule has 0 aliphatic carbocycles. The molecule has 0 amide bonds. The number of hydrogen-bond acceptors (Lipinski definition) is 4. The standard InChI is InChI=1S/C13H13N3O2/c17-13(18)12(10-4-2-1-3-5-10)15-8-11-6-7-14-9-16-11/h1-7,9,12,15H,8H2,(H,17,18). The lowest BCUT2D eigenvalue weighted by atomic mass is 10.1. The highest BCUT2D eigenvalue weighted by Gasteiger charge is 2.18. The van der Waals surface area contributed by atoms with Crippen LogP contribution < -0.4 is 5.32 Å². The van der Waals surface area contributed by atoms with Gasteiger partial charge in [0.1, 0.15) is 12.4 Å². The number of nitrogens with zero attached hydrogens (tertiary/aromatic N) is 2. The summed E-state index contributed by atoms with van der Waals surface area (Å²) < 4.78 is 0. The van der Waals surface area contributed by atoms with Crippen molar-refractivity contribution in [3.8, 4) is 0 Å². The van der Waals surface area contributed by atoms with E-state index in [0.717, 1.165) is 11.3 Å². The molecule has 1 unspecified atom stereocenters. The van der Waals surface area contributed by atoms with Crippen molar-refractivity contribution < 1.29 is 9.90 Å². The van der Waals surface area contributed by atoms with Gasteiger partial charge >= 0.3 is 5.97 Å². The molecule has 5 nitrogen and oxygen atoms in total. The van der Waals surface area contributed by atoms with Crippen LogP contribution in [0, 0.1) is 0 Å². The zero-order valence-electron chi connectivity index (χ0n) is 9.65. The van der Waals surface area contributed by atoms with E-state index in [1.165, 1.54) is 6.33 Å². The molecule has 2 N–H and O–H groups in total. The Morgan fingerprint density at radius 3 is 2.67 bits per heavy atom. The summed E-state index contributed by atoms with van der Waals surface area (Å²) in [7, 11) is 0. The number of nitrogens with one attached hydrogen (secondary N) is 1. The second-order valence-electron chi connectivity index (χ2n) is 3.76. The zero-order chi connectivity index (χ0) is 12.8. The van der Waals surface area contributed by atoms with Crippen LogP contribution in [-0.4, -0.2) is 21.0 Å². The van der Waals surface area contributed by atoms with Crippen LogP contribution in [0.2, 0.25) is 0 Å². The smallest absolute Gasteiger partial charge is 0.325 e. The van der Waals surface area contributed by atoms with E-state index in [1.807, 2.05) is 18.2 Å². The van der Waals surface area contributed by atoms with E-state index in [4.69, 9.17) is 0 Å². The summed E-state index contributed by atoms with van der Waals surface area (Å²) >= 11 is 0. The van der Waals surface area contributed by atoms with Gasteiger partial charge in [-0.05, 0) is 11.6 Å². The molecule has 5 heteroatoms. The second-order valence-corrected chi connectivity index (χ2v) is 3.76. The molecule has 0 aliphatic rings. The number of benzene rings is 1. The predicted molar refractivity (Wildman–Crippen MR) is 65.7 cm³/mol. The highest BCUT2D eigenvalue weighted by atomic mass is 16.4. The Balaban J connectivity index is 2.06. The van der Waals surface area contributed by atoms with Crippen molar-refractivity contribution in [2.75, 3.05) is 0 Å². The van der Waals surface area contributed by atoms with E-state index in [2.05, 4.69) is 15.3 Å². The number of carboxylic acids is 1.